The zero-order chi connectivity index (χ0) is 10.6. The molecule has 14 heavy (non-hydrogen) atoms. The summed E-state index contributed by atoms with van der Waals surface area (Å²) in [4.78, 5) is 0. The summed E-state index contributed by atoms with van der Waals surface area (Å²) < 4.78 is 0.679. The van der Waals surface area contributed by atoms with Gasteiger partial charge in [0.15, 0.2) is 0 Å². The van der Waals surface area contributed by atoms with E-state index < -0.39 is 0 Å². The molecule has 78 valence electrons. The number of benzene rings is 1. The van der Waals surface area contributed by atoms with E-state index in [2.05, 4.69) is 15.9 Å². The molecule has 3 nitrogen and oxygen atoms in total. The second-order valence-electron chi connectivity index (χ2n) is 3.22. The van der Waals surface area contributed by atoms with Crippen LogP contribution < -0.4 is 11.5 Å². The number of nitrogens with two attached hydrogens (primary N) is 2. The van der Waals surface area contributed by atoms with Gasteiger partial charge in [-0.3, -0.25) is 0 Å². The second-order valence-corrected chi connectivity index (χ2v) is 4.07. The highest BCUT2D eigenvalue weighted by Gasteiger charge is 2.11. The van der Waals surface area contributed by atoms with Crippen LogP contribution in [0.15, 0.2) is 22.7 Å². The van der Waals surface area contributed by atoms with Gasteiger partial charge in [0.05, 0.1) is 4.47 Å². The van der Waals surface area contributed by atoms with E-state index in [4.69, 9.17) is 11.5 Å². The fraction of sp³-hybridized carbons (Fsp3) is 0.400. The summed E-state index contributed by atoms with van der Waals surface area (Å²) in [6.45, 7) is 0.627. The molecule has 1 aromatic carbocycles. The number of phenolic OH excluding ortho intramolecular Hbond substituents is 1. The Morgan fingerprint density at radius 1 is 1.43 bits per heavy atom. The van der Waals surface area contributed by atoms with Crippen LogP contribution in [0.4, 0.5) is 0 Å². The summed E-state index contributed by atoms with van der Waals surface area (Å²) in [5, 5.41) is 9.71. The van der Waals surface area contributed by atoms with Crippen molar-refractivity contribution in [1.29, 1.82) is 0 Å². The van der Waals surface area contributed by atoms with Gasteiger partial charge in [-0.15, -0.1) is 0 Å². The van der Waals surface area contributed by atoms with Crippen LogP contribution in [-0.2, 0) is 0 Å². The van der Waals surface area contributed by atoms with Crippen LogP contribution in [0.3, 0.4) is 0 Å². The molecule has 1 rings (SSSR count). The highest BCUT2D eigenvalue weighted by atomic mass is 79.9. The number of phenols is 1. The van der Waals surface area contributed by atoms with Crippen molar-refractivity contribution in [2.45, 2.75) is 18.9 Å². The molecule has 0 aromatic heterocycles. The van der Waals surface area contributed by atoms with Gasteiger partial charge in [-0.1, -0.05) is 12.1 Å². The third kappa shape index (κ3) is 2.70. The van der Waals surface area contributed by atoms with Gasteiger partial charge in [0.25, 0.3) is 0 Å². The molecule has 0 saturated carbocycles. The molecule has 0 fully saturated rings. The van der Waals surface area contributed by atoms with Crippen LogP contribution in [0.25, 0.3) is 0 Å². The molecular weight excluding hydrogens is 244 g/mol. The quantitative estimate of drug-likeness (QED) is 0.773. The minimum atomic E-state index is -0.143. The average molecular weight is 259 g/mol. The van der Waals surface area contributed by atoms with Crippen molar-refractivity contribution >= 4 is 15.9 Å². The topological polar surface area (TPSA) is 72.3 Å². The second kappa shape index (κ2) is 5.34. The largest absolute Gasteiger partial charge is 0.506 e. The normalized spacial score (nSPS) is 12.8. The number of para-hydroxylation sites is 1. The summed E-state index contributed by atoms with van der Waals surface area (Å²) in [5.74, 6) is 0.233. The summed E-state index contributed by atoms with van der Waals surface area (Å²) in [6, 6.07) is 5.34. The smallest absolute Gasteiger partial charge is 0.134 e. The molecule has 0 aliphatic rings. The van der Waals surface area contributed by atoms with Crippen LogP contribution in [0.1, 0.15) is 24.4 Å². The van der Waals surface area contributed by atoms with Crippen molar-refractivity contribution in [1.82, 2.24) is 0 Å². The molecule has 0 aliphatic heterocycles. The van der Waals surface area contributed by atoms with E-state index in [0.29, 0.717) is 11.0 Å². The van der Waals surface area contributed by atoms with E-state index in [-0.39, 0.29) is 11.8 Å². The lowest BCUT2D eigenvalue weighted by Crippen LogP contribution is -2.12. The Kier molecular flexibility index (Phi) is 4.38. The Bertz CT molecular complexity index is 304. The molecule has 0 saturated heterocycles. The van der Waals surface area contributed by atoms with Gasteiger partial charge in [0, 0.05) is 11.6 Å². The molecule has 5 N–H and O–H groups in total. The molecule has 0 amide bonds. The van der Waals surface area contributed by atoms with Crippen LogP contribution in [-0.4, -0.2) is 11.7 Å². The first-order valence-electron chi connectivity index (χ1n) is 4.60. The van der Waals surface area contributed by atoms with Crippen LogP contribution in [0.2, 0.25) is 0 Å². The van der Waals surface area contributed by atoms with E-state index >= 15 is 0 Å². The summed E-state index contributed by atoms with van der Waals surface area (Å²) in [5.41, 5.74) is 12.1. The fourth-order valence-electron chi connectivity index (χ4n) is 1.32. The Morgan fingerprint density at radius 3 is 2.79 bits per heavy atom. The monoisotopic (exact) mass is 258 g/mol. The van der Waals surface area contributed by atoms with Crippen molar-refractivity contribution in [2.24, 2.45) is 11.5 Å². The zero-order valence-corrected chi connectivity index (χ0v) is 9.50. The van der Waals surface area contributed by atoms with Gasteiger partial charge < -0.3 is 16.6 Å². The highest BCUT2D eigenvalue weighted by Crippen LogP contribution is 2.32. The van der Waals surface area contributed by atoms with Gasteiger partial charge >= 0.3 is 0 Å². The van der Waals surface area contributed by atoms with Crippen molar-refractivity contribution in [3.63, 3.8) is 0 Å². The predicted octanol–water partition coefficient (Wildman–Crippen LogP) is 1.89. The van der Waals surface area contributed by atoms with E-state index in [0.717, 1.165) is 18.4 Å². The zero-order valence-electron chi connectivity index (χ0n) is 7.91. The maximum absolute atomic E-state index is 9.71. The van der Waals surface area contributed by atoms with Gasteiger partial charge in [0.1, 0.15) is 5.75 Å². The molecule has 0 bridgehead atoms. The minimum Gasteiger partial charge on any atom is -0.506 e. The van der Waals surface area contributed by atoms with Gasteiger partial charge in [-0.25, -0.2) is 0 Å². The Labute approximate surface area is 92.2 Å². The minimum absolute atomic E-state index is 0.143. The lowest BCUT2D eigenvalue weighted by molar-refractivity contribution is 0.454. The van der Waals surface area contributed by atoms with Crippen LogP contribution in [0, 0.1) is 0 Å². The number of rotatable bonds is 4. The predicted molar refractivity (Wildman–Crippen MR) is 61.0 cm³/mol. The first kappa shape index (κ1) is 11.5. The summed E-state index contributed by atoms with van der Waals surface area (Å²) in [6.07, 6.45) is 1.66. The number of hydrogen-bond donors (Lipinski definition) is 3. The Morgan fingerprint density at radius 2 is 2.14 bits per heavy atom. The van der Waals surface area contributed by atoms with Gasteiger partial charge in [-0.05, 0) is 41.4 Å². The number of hydrogen-bond acceptors (Lipinski definition) is 3. The lowest BCUT2D eigenvalue weighted by Gasteiger charge is -2.13. The average Bonchev–Trinajstić information content (AvgIpc) is 2.18. The number of aromatic hydroxyl groups is 1. The van der Waals surface area contributed by atoms with Crippen LogP contribution >= 0.6 is 15.9 Å². The van der Waals surface area contributed by atoms with Gasteiger partial charge in [0.2, 0.25) is 0 Å². The Hall–Kier alpha value is -0.580. The third-order valence-electron chi connectivity index (χ3n) is 2.14. The molecule has 0 radical (unpaired) electrons. The molecule has 4 heteroatoms. The van der Waals surface area contributed by atoms with Crippen molar-refractivity contribution in [3.8, 4) is 5.75 Å². The first-order chi connectivity index (χ1) is 6.66. The summed E-state index contributed by atoms with van der Waals surface area (Å²) >= 11 is 3.25. The molecule has 0 spiro atoms. The lowest BCUT2D eigenvalue weighted by atomic mass is 10.0. The van der Waals surface area contributed by atoms with Crippen molar-refractivity contribution in [2.75, 3.05) is 6.54 Å². The molecule has 0 heterocycles. The van der Waals surface area contributed by atoms with E-state index in [1.165, 1.54) is 0 Å². The molecule has 1 atom stereocenters. The van der Waals surface area contributed by atoms with Crippen molar-refractivity contribution in [3.05, 3.63) is 28.2 Å². The van der Waals surface area contributed by atoms with E-state index in [9.17, 15) is 5.11 Å². The fourth-order valence-corrected chi connectivity index (χ4v) is 1.71. The highest BCUT2D eigenvalue weighted by molar-refractivity contribution is 9.10. The van der Waals surface area contributed by atoms with Crippen LogP contribution in [0.5, 0.6) is 5.75 Å². The third-order valence-corrected chi connectivity index (χ3v) is 2.78. The molecule has 1 aromatic rings. The summed E-state index contributed by atoms with van der Waals surface area (Å²) in [7, 11) is 0. The maximum atomic E-state index is 9.71. The maximum Gasteiger partial charge on any atom is 0.134 e. The standard InChI is InChI=1S/C10H15BrN2O/c11-8-4-1-3-7(10(8)14)9(13)5-2-6-12/h1,3-4,9,14H,2,5-6,12-13H2/t9-/m1/s1. The Balaban J connectivity index is 2.79. The molecular formula is C10H15BrN2O. The first-order valence-corrected chi connectivity index (χ1v) is 5.39. The van der Waals surface area contributed by atoms with E-state index in [1.807, 2.05) is 12.1 Å². The van der Waals surface area contributed by atoms with Gasteiger partial charge in [-0.2, -0.15) is 0 Å². The molecule has 0 unspecified atom stereocenters. The van der Waals surface area contributed by atoms with E-state index in [1.54, 1.807) is 6.07 Å². The van der Waals surface area contributed by atoms with Crippen molar-refractivity contribution < 1.29 is 5.11 Å². The number of halogens is 1. The SMILES string of the molecule is NCCC[C@@H](N)c1cccc(Br)c1O. The molecule has 0 aliphatic carbocycles.